The van der Waals surface area contributed by atoms with Gasteiger partial charge in [0.05, 0.1) is 23.1 Å². The minimum Gasteiger partial charge on any atom is -0.444 e. The maximum Gasteiger partial charge on any atom is 0.408 e. The molecule has 1 aliphatic heterocycles. The highest BCUT2D eigenvalue weighted by Gasteiger charge is 2.50. The van der Waals surface area contributed by atoms with Gasteiger partial charge in [0.2, 0.25) is 5.91 Å². The highest BCUT2D eigenvalue weighted by atomic mass is 32.2. The molecule has 0 aliphatic carbocycles. The molecular weight excluding hydrogens is 456 g/mol. The van der Waals surface area contributed by atoms with Gasteiger partial charge >= 0.3 is 6.09 Å². The second-order valence-electron chi connectivity index (χ2n) is 9.54. The molecule has 1 saturated heterocycles. The maximum atomic E-state index is 14.0. The molecule has 0 aromatic heterocycles. The van der Waals surface area contributed by atoms with Crippen molar-refractivity contribution in [2.75, 3.05) is 6.54 Å². The Morgan fingerprint density at radius 1 is 1.24 bits per heavy atom. The number of nitrogens with zero attached hydrogens (tertiary/aromatic N) is 2. The van der Waals surface area contributed by atoms with Gasteiger partial charge in [0, 0.05) is 6.42 Å². The smallest absolute Gasteiger partial charge is 0.408 e. The molecule has 1 heterocycles. The van der Waals surface area contributed by atoms with E-state index >= 15 is 0 Å². The number of likely N-dealkylation sites (tertiary alicyclic amines) is 1. The Morgan fingerprint density at radius 3 is 2.33 bits per heavy atom. The molecule has 0 unspecified atom stereocenters. The third kappa shape index (κ3) is 6.41. The molecule has 33 heavy (non-hydrogen) atoms. The van der Waals surface area contributed by atoms with Crippen LogP contribution < -0.4 is 5.32 Å². The van der Waals surface area contributed by atoms with Crippen molar-refractivity contribution in [3.05, 3.63) is 35.6 Å². The van der Waals surface area contributed by atoms with E-state index in [4.69, 9.17) is 4.74 Å². The van der Waals surface area contributed by atoms with Crippen molar-refractivity contribution in [2.45, 2.75) is 75.4 Å². The summed E-state index contributed by atoms with van der Waals surface area (Å²) in [7, 11) is -4.14. The lowest BCUT2D eigenvalue weighted by Crippen LogP contribution is -2.62. The third-order valence-corrected chi connectivity index (χ3v) is 7.91. The average Bonchev–Trinajstić information content (AvgIpc) is 3.06. The molecule has 1 aliphatic rings. The van der Waals surface area contributed by atoms with E-state index in [1.54, 1.807) is 20.8 Å². The van der Waals surface area contributed by atoms with E-state index in [1.165, 1.54) is 26.0 Å². The number of nitrogens with one attached hydrogen (secondary N) is 1. The number of amides is 2. The van der Waals surface area contributed by atoms with Gasteiger partial charge in [-0.3, -0.25) is 4.79 Å². The second-order valence-corrected chi connectivity index (χ2v) is 12.1. The predicted octanol–water partition coefficient (Wildman–Crippen LogP) is 2.87. The minimum atomic E-state index is -4.14. The molecule has 0 bridgehead atoms. The van der Waals surface area contributed by atoms with Crippen LogP contribution in [-0.4, -0.2) is 60.5 Å². The van der Waals surface area contributed by atoms with Crippen LogP contribution in [0.5, 0.6) is 0 Å². The largest absolute Gasteiger partial charge is 0.444 e. The fraction of sp³-hybridized carbons (Fsp3) is 0.591. The number of hydrogen-bond acceptors (Lipinski definition) is 6. The van der Waals surface area contributed by atoms with Crippen LogP contribution in [0.25, 0.3) is 0 Å². The predicted molar refractivity (Wildman–Crippen MR) is 117 cm³/mol. The molecule has 3 atom stereocenters. The van der Waals surface area contributed by atoms with Gasteiger partial charge in [-0.15, -0.1) is 0 Å². The van der Waals surface area contributed by atoms with E-state index in [0.29, 0.717) is 0 Å². The quantitative estimate of drug-likeness (QED) is 0.662. The van der Waals surface area contributed by atoms with Gasteiger partial charge in [0.15, 0.2) is 9.84 Å². The van der Waals surface area contributed by atoms with Gasteiger partial charge in [0.25, 0.3) is 0 Å². The summed E-state index contributed by atoms with van der Waals surface area (Å²) in [4.78, 5) is 26.8. The number of benzene rings is 1. The number of halogens is 2. The summed E-state index contributed by atoms with van der Waals surface area (Å²) in [5, 5.41) is 11.7. The Kier molecular flexibility index (Phi) is 7.74. The van der Waals surface area contributed by atoms with Gasteiger partial charge in [-0.2, -0.15) is 5.26 Å². The Morgan fingerprint density at radius 2 is 1.82 bits per heavy atom. The van der Waals surface area contributed by atoms with Gasteiger partial charge in [0.1, 0.15) is 29.7 Å². The van der Waals surface area contributed by atoms with Crippen LogP contribution in [0.15, 0.2) is 24.3 Å². The van der Waals surface area contributed by atoms with Crippen molar-refractivity contribution in [3.63, 3.8) is 0 Å². The van der Waals surface area contributed by atoms with Crippen LogP contribution >= 0.6 is 0 Å². The van der Waals surface area contributed by atoms with Crippen LogP contribution in [-0.2, 0) is 25.1 Å². The summed E-state index contributed by atoms with van der Waals surface area (Å²) in [5.74, 6) is -1.97. The average molecular weight is 486 g/mol. The molecule has 1 N–H and O–H groups in total. The molecule has 1 aromatic carbocycles. The monoisotopic (exact) mass is 485 g/mol. The molecule has 1 fully saturated rings. The number of rotatable bonds is 6. The lowest BCUT2D eigenvalue weighted by atomic mass is 10.0. The summed E-state index contributed by atoms with van der Waals surface area (Å²) < 4.78 is 57.2. The maximum absolute atomic E-state index is 14.0. The number of alkyl halides is 1. The first kappa shape index (κ1) is 26.5. The summed E-state index contributed by atoms with van der Waals surface area (Å²) in [6.45, 7) is 6.92. The zero-order valence-corrected chi connectivity index (χ0v) is 20.1. The SMILES string of the molecule is CC(C)(C)OC(=O)N[C@H](C(=O)N1C[C@@H](F)C[C@H]1C#N)C(C)(C)S(=O)(=O)Cc1ccc(F)cc1. The lowest BCUT2D eigenvalue weighted by molar-refractivity contribution is -0.134. The number of ether oxygens (including phenoxy) is 1. The molecule has 0 spiro atoms. The topological polar surface area (TPSA) is 117 Å². The molecule has 0 saturated carbocycles. The van der Waals surface area contributed by atoms with Crippen LogP contribution in [0.3, 0.4) is 0 Å². The van der Waals surface area contributed by atoms with Gasteiger partial charge in [-0.1, -0.05) is 12.1 Å². The number of carbonyl (C=O) groups is 2. The normalized spacial score (nSPS) is 20.1. The van der Waals surface area contributed by atoms with Crippen LogP contribution in [0.2, 0.25) is 0 Å². The van der Waals surface area contributed by atoms with Crippen molar-refractivity contribution in [1.29, 1.82) is 5.26 Å². The standard InChI is InChI=1S/C22H29F2N3O5S/c1-21(2,3)32-20(29)26-18(19(28)27-12-16(24)10-17(27)11-25)22(4,5)33(30,31)13-14-6-8-15(23)9-7-14/h6-9,16-18H,10,12-13H2,1-5H3,(H,26,29)/t16-,17-,18+/m0/s1. The lowest BCUT2D eigenvalue weighted by Gasteiger charge is -2.36. The highest BCUT2D eigenvalue weighted by Crippen LogP contribution is 2.30. The summed E-state index contributed by atoms with van der Waals surface area (Å²) in [6.07, 6.45) is -2.68. The van der Waals surface area contributed by atoms with Gasteiger partial charge < -0.3 is 15.0 Å². The molecule has 0 radical (unpaired) electrons. The number of hydrogen-bond donors (Lipinski definition) is 1. The third-order valence-electron chi connectivity index (χ3n) is 5.36. The molecular formula is C22H29F2N3O5S. The first-order valence-corrected chi connectivity index (χ1v) is 12.0. The van der Waals surface area contributed by atoms with E-state index in [9.17, 15) is 32.0 Å². The summed E-state index contributed by atoms with van der Waals surface area (Å²) >= 11 is 0. The van der Waals surface area contributed by atoms with Crippen LogP contribution in [0, 0.1) is 17.1 Å². The number of sulfone groups is 1. The Bertz CT molecular complexity index is 1030. The number of alkyl carbamates (subject to hydrolysis) is 1. The van der Waals surface area contributed by atoms with Gasteiger partial charge in [-0.25, -0.2) is 22.0 Å². The van der Waals surface area contributed by atoms with Gasteiger partial charge in [-0.05, 0) is 52.3 Å². The van der Waals surface area contributed by atoms with Crippen molar-refractivity contribution in [2.24, 2.45) is 0 Å². The molecule has 11 heteroatoms. The number of carbonyl (C=O) groups excluding carboxylic acids is 2. The van der Waals surface area contributed by atoms with Crippen molar-refractivity contribution < 1.29 is 31.5 Å². The van der Waals surface area contributed by atoms with E-state index in [0.717, 1.165) is 17.0 Å². The molecule has 1 aromatic rings. The van der Waals surface area contributed by atoms with E-state index in [1.807, 2.05) is 6.07 Å². The van der Waals surface area contributed by atoms with E-state index in [2.05, 4.69) is 5.32 Å². The number of nitriles is 1. The molecule has 2 amide bonds. The van der Waals surface area contributed by atoms with Crippen molar-refractivity contribution >= 4 is 21.8 Å². The Balaban J connectivity index is 2.43. The molecule has 8 nitrogen and oxygen atoms in total. The summed E-state index contributed by atoms with van der Waals surface area (Å²) in [5.41, 5.74) is -0.644. The summed E-state index contributed by atoms with van der Waals surface area (Å²) in [6, 6.07) is 3.92. The fourth-order valence-electron chi connectivity index (χ4n) is 3.44. The van der Waals surface area contributed by atoms with Crippen molar-refractivity contribution in [1.82, 2.24) is 10.2 Å². The second kappa shape index (κ2) is 9.63. The van der Waals surface area contributed by atoms with Crippen LogP contribution in [0.4, 0.5) is 13.6 Å². The zero-order valence-electron chi connectivity index (χ0n) is 19.3. The molecule has 182 valence electrons. The fourth-order valence-corrected chi connectivity index (χ4v) is 4.96. The minimum absolute atomic E-state index is 0.204. The first-order chi connectivity index (χ1) is 15.1. The Labute approximate surface area is 192 Å². The van der Waals surface area contributed by atoms with E-state index < -0.39 is 68.6 Å². The first-order valence-electron chi connectivity index (χ1n) is 10.4. The molecule has 2 rings (SSSR count). The highest BCUT2D eigenvalue weighted by molar-refractivity contribution is 7.92. The van der Waals surface area contributed by atoms with Crippen molar-refractivity contribution in [3.8, 4) is 6.07 Å². The zero-order chi connectivity index (χ0) is 25.2. The van der Waals surface area contributed by atoms with Crippen LogP contribution in [0.1, 0.15) is 46.6 Å². The Hall–Kier alpha value is -2.74. The van der Waals surface area contributed by atoms with E-state index in [-0.39, 0.29) is 12.0 Å².